The van der Waals surface area contributed by atoms with E-state index in [0.29, 0.717) is 5.92 Å². The summed E-state index contributed by atoms with van der Waals surface area (Å²) in [5, 5.41) is 3.01. The molecule has 5 nitrogen and oxygen atoms in total. The van der Waals surface area contributed by atoms with Crippen LogP contribution in [0.2, 0.25) is 0 Å². The van der Waals surface area contributed by atoms with Gasteiger partial charge in [0, 0.05) is 39.1 Å². The summed E-state index contributed by atoms with van der Waals surface area (Å²) in [6.45, 7) is 8.04. The number of piperidine rings is 1. The molecular weight excluding hydrogens is 242 g/mol. The highest BCUT2D eigenvalue weighted by Crippen LogP contribution is 2.18. The largest absolute Gasteiger partial charge is 0.355 e. The van der Waals surface area contributed by atoms with Crippen molar-refractivity contribution in [2.45, 2.75) is 33.6 Å². The Kier molecular flexibility index (Phi) is 5.20. The zero-order chi connectivity index (χ0) is 14.6. The van der Waals surface area contributed by atoms with E-state index in [2.05, 4.69) is 5.32 Å². The highest BCUT2D eigenvalue weighted by molar-refractivity contribution is 5.81. The van der Waals surface area contributed by atoms with Crippen molar-refractivity contribution in [3.8, 4) is 0 Å². The molecule has 1 rings (SSSR count). The molecule has 3 amide bonds. The molecule has 0 radical (unpaired) electrons. The summed E-state index contributed by atoms with van der Waals surface area (Å²) in [6, 6.07) is 0.0807. The Morgan fingerprint density at radius 2 is 1.74 bits per heavy atom. The smallest absolute Gasteiger partial charge is 0.319 e. The first-order chi connectivity index (χ1) is 8.71. The Morgan fingerprint density at radius 3 is 2.16 bits per heavy atom. The van der Waals surface area contributed by atoms with Gasteiger partial charge in [0.25, 0.3) is 0 Å². The second-order valence-electron chi connectivity index (χ2n) is 6.57. The van der Waals surface area contributed by atoms with E-state index in [1.165, 1.54) is 0 Å². The fraction of sp³-hybridized carbons (Fsp3) is 0.857. The first-order valence-electron chi connectivity index (χ1n) is 6.96. The van der Waals surface area contributed by atoms with Crippen molar-refractivity contribution in [2.75, 3.05) is 33.7 Å². The molecule has 1 N–H and O–H groups in total. The molecule has 0 aliphatic carbocycles. The first kappa shape index (κ1) is 15.8. The van der Waals surface area contributed by atoms with Crippen LogP contribution in [0.15, 0.2) is 0 Å². The number of urea groups is 1. The van der Waals surface area contributed by atoms with E-state index < -0.39 is 0 Å². The number of likely N-dealkylation sites (tertiary alicyclic amines) is 1. The molecule has 0 aromatic heterocycles. The number of rotatable bonds is 2. The van der Waals surface area contributed by atoms with Gasteiger partial charge in [0.2, 0.25) is 5.91 Å². The van der Waals surface area contributed by atoms with Crippen molar-refractivity contribution >= 4 is 11.9 Å². The van der Waals surface area contributed by atoms with Gasteiger partial charge in [0.15, 0.2) is 0 Å². The Labute approximate surface area is 116 Å². The number of hydrogen-bond acceptors (Lipinski definition) is 2. The third-order valence-electron chi connectivity index (χ3n) is 3.50. The average Bonchev–Trinajstić information content (AvgIpc) is 2.34. The Hall–Kier alpha value is -1.26. The summed E-state index contributed by atoms with van der Waals surface area (Å²) in [5.74, 6) is 0.580. The molecule has 0 bridgehead atoms. The molecule has 1 aliphatic rings. The van der Waals surface area contributed by atoms with Crippen LogP contribution >= 0.6 is 0 Å². The molecule has 1 aliphatic heterocycles. The summed E-state index contributed by atoms with van der Waals surface area (Å²) in [6.07, 6.45) is 1.92. The second kappa shape index (κ2) is 6.26. The Bertz CT molecular complexity index is 326. The van der Waals surface area contributed by atoms with Crippen LogP contribution in [0, 0.1) is 11.3 Å². The molecule has 110 valence electrons. The van der Waals surface area contributed by atoms with Gasteiger partial charge >= 0.3 is 6.03 Å². The lowest BCUT2D eigenvalue weighted by Crippen LogP contribution is -2.46. The molecular formula is C14H27N3O2. The molecule has 0 unspecified atom stereocenters. The summed E-state index contributed by atoms with van der Waals surface area (Å²) in [4.78, 5) is 27.1. The Morgan fingerprint density at radius 1 is 1.21 bits per heavy atom. The number of nitrogens with one attached hydrogen (secondary N) is 1. The van der Waals surface area contributed by atoms with Gasteiger partial charge in [-0.2, -0.15) is 0 Å². The summed E-state index contributed by atoms with van der Waals surface area (Å²) in [7, 11) is 3.55. The molecule has 5 heteroatoms. The van der Waals surface area contributed by atoms with Gasteiger partial charge in [-0.25, -0.2) is 4.79 Å². The van der Waals surface area contributed by atoms with Crippen molar-refractivity contribution < 1.29 is 9.59 Å². The molecule has 0 spiro atoms. The lowest BCUT2D eigenvalue weighted by Gasteiger charge is -2.34. The normalized spacial score (nSPS) is 17.2. The van der Waals surface area contributed by atoms with Crippen LogP contribution in [0.25, 0.3) is 0 Å². The number of amides is 3. The highest BCUT2D eigenvalue weighted by Gasteiger charge is 2.26. The minimum absolute atomic E-state index is 0.0807. The molecule has 1 saturated heterocycles. The fourth-order valence-electron chi connectivity index (χ4n) is 2.11. The van der Waals surface area contributed by atoms with Crippen molar-refractivity contribution in [3.05, 3.63) is 0 Å². The van der Waals surface area contributed by atoms with Gasteiger partial charge in [-0.3, -0.25) is 4.79 Å². The van der Waals surface area contributed by atoms with Crippen molar-refractivity contribution in [3.63, 3.8) is 0 Å². The maximum atomic E-state index is 11.8. The van der Waals surface area contributed by atoms with Crippen LogP contribution in [0.1, 0.15) is 33.6 Å². The lowest BCUT2D eigenvalue weighted by atomic mass is 9.93. The maximum absolute atomic E-state index is 11.8. The average molecular weight is 269 g/mol. The second-order valence-corrected chi connectivity index (χ2v) is 6.57. The van der Waals surface area contributed by atoms with E-state index >= 15 is 0 Å². The van der Waals surface area contributed by atoms with Crippen LogP contribution in [0.5, 0.6) is 0 Å². The zero-order valence-electron chi connectivity index (χ0n) is 12.8. The van der Waals surface area contributed by atoms with E-state index in [0.717, 1.165) is 32.5 Å². The molecule has 0 saturated carbocycles. The molecule has 1 heterocycles. The number of carbonyl (C=O) groups is 2. The van der Waals surface area contributed by atoms with E-state index in [1.807, 2.05) is 25.7 Å². The first-order valence-corrected chi connectivity index (χ1v) is 6.96. The van der Waals surface area contributed by atoms with Crippen molar-refractivity contribution in [2.24, 2.45) is 11.3 Å². The number of nitrogens with zero attached hydrogens (tertiary/aromatic N) is 2. The standard InChI is InChI=1S/C14H27N3O2/c1-14(2,3)12(18)15-10-11-6-8-17(9-7-11)13(19)16(4)5/h11H,6-10H2,1-5H3,(H,15,18). The third kappa shape index (κ3) is 4.73. The molecule has 19 heavy (non-hydrogen) atoms. The molecule has 0 atom stereocenters. The predicted octanol–water partition coefficient (Wildman–Crippen LogP) is 1.54. The van der Waals surface area contributed by atoms with Gasteiger partial charge in [0.05, 0.1) is 0 Å². The van der Waals surface area contributed by atoms with E-state index in [1.54, 1.807) is 19.0 Å². The minimum atomic E-state index is -0.332. The van der Waals surface area contributed by atoms with Gasteiger partial charge in [-0.05, 0) is 18.8 Å². The van der Waals surface area contributed by atoms with E-state index in [4.69, 9.17) is 0 Å². The topological polar surface area (TPSA) is 52.7 Å². The molecule has 0 aromatic carbocycles. The SMILES string of the molecule is CN(C)C(=O)N1CCC(CNC(=O)C(C)(C)C)CC1. The number of carbonyl (C=O) groups excluding carboxylic acids is 2. The van der Waals surface area contributed by atoms with Crippen LogP contribution in [-0.2, 0) is 4.79 Å². The lowest BCUT2D eigenvalue weighted by molar-refractivity contribution is -0.128. The van der Waals surface area contributed by atoms with Crippen molar-refractivity contribution in [1.29, 1.82) is 0 Å². The highest BCUT2D eigenvalue weighted by atomic mass is 16.2. The fourth-order valence-corrected chi connectivity index (χ4v) is 2.11. The minimum Gasteiger partial charge on any atom is -0.355 e. The quantitative estimate of drug-likeness (QED) is 0.827. The van der Waals surface area contributed by atoms with Gasteiger partial charge in [-0.1, -0.05) is 20.8 Å². The van der Waals surface area contributed by atoms with Gasteiger partial charge in [0.1, 0.15) is 0 Å². The Balaban J connectivity index is 2.31. The molecule has 1 fully saturated rings. The summed E-state index contributed by atoms with van der Waals surface area (Å²) in [5.41, 5.74) is -0.332. The van der Waals surface area contributed by atoms with E-state index in [9.17, 15) is 9.59 Å². The summed E-state index contributed by atoms with van der Waals surface area (Å²) < 4.78 is 0. The van der Waals surface area contributed by atoms with Gasteiger partial charge in [-0.15, -0.1) is 0 Å². The van der Waals surface area contributed by atoms with Gasteiger partial charge < -0.3 is 15.1 Å². The van der Waals surface area contributed by atoms with Crippen LogP contribution in [-0.4, -0.2) is 55.5 Å². The van der Waals surface area contributed by atoms with Crippen LogP contribution < -0.4 is 5.32 Å². The number of hydrogen-bond donors (Lipinski definition) is 1. The third-order valence-corrected chi connectivity index (χ3v) is 3.50. The zero-order valence-corrected chi connectivity index (χ0v) is 12.8. The van der Waals surface area contributed by atoms with Crippen LogP contribution in [0.4, 0.5) is 4.79 Å². The predicted molar refractivity (Wildman–Crippen MR) is 75.8 cm³/mol. The van der Waals surface area contributed by atoms with Crippen LogP contribution in [0.3, 0.4) is 0 Å². The molecule has 0 aromatic rings. The monoisotopic (exact) mass is 269 g/mol. The summed E-state index contributed by atoms with van der Waals surface area (Å²) >= 11 is 0. The van der Waals surface area contributed by atoms with Crippen molar-refractivity contribution in [1.82, 2.24) is 15.1 Å². The maximum Gasteiger partial charge on any atom is 0.319 e. The van der Waals surface area contributed by atoms with E-state index in [-0.39, 0.29) is 17.4 Å².